The highest BCUT2D eigenvalue weighted by molar-refractivity contribution is 5.27. The molecule has 0 saturated carbocycles. The van der Waals surface area contributed by atoms with Crippen molar-refractivity contribution in [3.05, 3.63) is 89.8 Å². The van der Waals surface area contributed by atoms with Crippen molar-refractivity contribution in [1.82, 2.24) is 14.9 Å². The minimum absolute atomic E-state index is 0.302. The molecule has 0 amide bonds. The van der Waals surface area contributed by atoms with Crippen LogP contribution in [0.1, 0.15) is 29.4 Å². The van der Waals surface area contributed by atoms with Crippen LogP contribution in [0.25, 0.3) is 0 Å². The molecular formula is C22H26FN3O2. The Kier molecular flexibility index (Phi) is 7.31. The standard InChI is InChI=1S/C22H26FN3O2/c1-26-13-12-24-22(26)21(19-9-5-6-10-20(19)23)25-15-18(27)11-14-28-16-17-7-3-2-4-8-17/h2-10,12-13,18,21,25,27H,11,14-16H2,1H3/t18-,21?/m0/s1. The minimum Gasteiger partial charge on any atom is -0.392 e. The monoisotopic (exact) mass is 383 g/mol. The fourth-order valence-corrected chi connectivity index (χ4v) is 3.04. The molecule has 0 bridgehead atoms. The molecule has 0 aliphatic heterocycles. The summed E-state index contributed by atoms with van der Waals surface area (Å²) in [5, 5.41) is 13.6. The van der Waals surface area contributed by atoms with E-state index in [0.717, 1.165) is 5.56 Å². The van der Waals surface area contributed by atoms with Gasteiger partial charge in [-0.3, -0.25) is 0 Å². The fourth-order valence-electron chi connectivity index (χ4n) is 3.04. The lowest BCUT2D eigenvalue weighted by Gasteiger charge is -2.21. The Labute approximate surface area is 164 Å². The molecule has 1 aromatic heterocycles. The van der Waals surface area contributed by atoms with Gasteiger partial charge in [-0.2, -0.15) is 0 Å². The van der Waals surface area contributed by atoms with E-state index >= 15 is 0 Å². The van der Waals surface area contributed by atoms with E-state index < -0.39 is 12.1 Å². The summed E-state index contributed by atoms with van der Waals surface area (Å²) in [5.41, 5.74) is 1.61. The van der Waals surface area contributed by atoms with Crippen LogP contribution < -0.4 is 5.32 Å². The number of aliphatic hydroxyl groups excluding tert-OH is 1. The number of hydrogen-bond donors (Lipinski definition) is 2. The molecule has 0 fully saturated rings. The summed E-state index contributed by atoms with van der Waals surface area (Å²) < 4.78 is 21.8. The van der Waals surface area contributed by atoms with Crippen molar-refractivity contribution in [2.24, 2.45) is 7.05 Å². The maximum atomic E-state index is 14.3. The van der Waals surface area contributed by atoms with E-state index in [0.29, 0.717) is 37.6 Å². The van der Waals surface area contributed by atoms with Gasteiger partial charge in [-0.25, -0.2) is 9.37 Å². The molecule has 1 heterocycles. The predicted octanol–water partition coefficient (Wildman–Crippen LogP) is 3.21. The number of imidazole rings is 1. The maximum Gasteiger partial charge on any atom is 0.130 e. The van der Waals surface area contributed by atoms with Gasteiger partial charge in [-0.1, -0.05) is 48.5 Å². The topological polar surface area (TPSA) is 59.3 Å². The minimum atomic E-state index is -0.606. The van der Waals surface area contributed by atoms with Crippen molar-refractivity contribution in [2.45, 2.75) is 25.2 Å². The van der Waals surface area contributed by atoms with Gasteiger partial charge in [0, 0.05) is 38.2 Å². The number of aryl methyl sites for hydroxylation is 1. The van der Waals surface area contributed by atoms with E-state index in [9.17, 15) is 9.50 Å². The molecule has 0 spiro atoms. The molecule has 2 aromatic carbocycles. The van der Waals surface area contributed by atoms with Crippen LogP contribution in [0, 0.1) is 5.82 Å². The van der Waals surface area contributed by atoms with Gasteiger partial charge < -0.3 is 19.7 Å². The van der Waals surface area contributed by atoms with Gasteiger partial charge in [0.1, 0.15) is 11.6 Å². The van der Waals surface area contributed by atoms with Gasteiger partial charge in [0.15, 0.2) is 0 Å². The van der Waals surface area contributed by atoms with E-state index in [2.05, 4.69) is 10.3 Å². The van der Waals surface area contributed by atoms with Gasteiger partial charge in [-0.05, 0) is 18.1 Å². The summed E-state index contributed by atoms with van der Waals surface area (Å²) in [6, 6.07) is 16.1. The van der Waals surface area contributed by atoms with Crippen LogP contribution in [-0.2, 0) is 18.4 Å². The van der Waals surface area contributed by atoms with Crippen molar-refractivity contribution >= 4 is 0 Å². The Morgan fingerprint density at radius 3 is 2.61 bits per heavy atom. The predicted molar refractivity (Wildman–Crippen MR) is 106 cm³/mol. The molecule has 3 aromatic rings. The SMILES string of the molecule is Cn1ccnc1C(NC[C@@H](O)CCOCc1ccccc1)c1ccccc1F. The highest BCUT2D eigenvalue weighted by Crippen LogP contribution is 2.23. The van der Waals surface area contributed by atoms with Crippen molar-refractivity contribution in [2.75, 3.05) is 13.2 Å². The number of nitrogens with one attached hydrogen (secondary N) is 1. The molecule has 1 unspecified atom stereocenters. The number of aliphatic hydroxyl groups is 1. The molecule has 0 radical (unpaired) electrons. The maximum absolute atomic E-state index is 14.3. The number of hydrogen-bond acceptors (Lipinski definition) is 4. The van der Waals surface area contributed by atoms with Crippen molar-refractivity contribution in [3.8, 4) is 0 Å². The Balaban J connectivity index is 1.53. The van der Waals surface area contributed by atoms with Crippen LogP contribution >= 0.6 is 0 Å². The highest BCUT2D eigenvalue weighted by atomic mass is 19.1. The average Bonchev–Trinajstić information content (AvgIpc) is 3.13. The number of benzene rings is 2. The quantitative estimate of drug-likeness (QED) is 0.528. The summed E-state index contributed by atoms with van der Waals surface area (Å²) in [4.78, 5) is 4.35. The number of rotatable bonds is 10. The molecule has 6 heteroatoms. The van der Waals surface area contributed by atoms with Gasteiger partial charge in [0.05, 0.1) is 18.8 Å². The first-order chi connectivity index (χ1) is 13.6. The molecule has 5 nitrogen and oxygen atoms in total. The first kappa shape index (κ1) is 20.2. The highest BCUT2D eigenvalue weighted by Gasteiger charge is 2.22. The Morgan fingerprint density at radius 2 is 1.89 bits per heavy atom. The molecule has 0 aliphatic carbocycles. The Hall–Kier alpha value is -2.54. The van der Waals surface area contributed by atoms with Gasteiger partial charge in [0.2, 0.25) is 0 Å². The third kappa shape index (κ3) is 5.48. The molecule has 148 valence electrons. The molecule has 2 N–H and O–H groups in total. The lowest BCUT2D eigenvalue weighted by molar-refractivity contribution is 0.0724. The third-order valence-electron chi connectivity index (χ3n) is 4.60. The molecular weight excluding hydrogens is 357 g/mol. The lowest BCUT2D eigenvalue weighted by Crippen LogP contribution is -2.33. The van der Waals surface area contributed by atoms with E-state index in [-0.39, 0.29) is 5.82 Å². The van der Waals surface area contributed by atoms with Gasteiger partial charge >= 0.3 is 0 Å². The number of halogens is 1. The number of aromatic nitrogens is 2. The summed E-state index contributed by atoms with van der Waals surface area (Å²) in [6.07, 6.45) is 3.38. The van der Waals surface area contributed by atoms with E-state index in [1.54, 1.807) is 24.4 Å². The van der Waals surface area contributed by atoms with Crippen LogP contribution in [0.15, 0.2) is 67.0 Å². The second-order valence-electron chi connectivity index (χ2n) is 6.74. The summed E-state index contributed by atoms with van der Waals surface area (Å²) in [5.74, 6) is 0.390. The molecule has 2 atom stereocenters. The van der Waals surface area contributed by atoms with E-state index in [1.807, 2.05) is 48.1 Å². The lowest BCUT2D eigenvalue weighted by atomic mass is 10.0. The van der Waals surface area contributed by atoms with Crippen LogP contribution in [0.3, 0.4) is 0 Å². The first-order valence-electron chi connectivity index (χ1n) is 9.40. The molecule has 3 rings (SSSR count). The molecule has 28 heavy (non-hydrogen) atoms. The van der Waals surface area contributed by atoms with E-state index in [1.165, 1.54) is 6.07 Å². The largest absolute Gasteiger partial charge is 0.392 e. The second kappa shape index (κ2) is 10.1. The normalized spacial score (nSPS) is 13.4. The van der Waals surface area contributed by atoms with Gasteiger partial charge in [0.25, 0.3) is 0 Å². The number of nitrogens with zero attached hydrogens (tertiary/aromatic N) is 2. The number of ether oxygens (including phenoxy) is 1. The van der Waals surface area contributed by atoms with Crippen molar-refractivity contribution in [1.29, 1.82) is 0 Å². The zero-order chi connectivity index (χ0) is 19.8. The molecule has 0 saturated heterocycles. The van der Waals surface area contributed by atoms with E-state index in [4.69, 9.17) is 4.74 Å². The zero-order valence-electron chi connectivity index (χ0n) is 16.0. The smallest absolute Gasteiger partial charge is 0.130 e. The Bertz CT molecular complexity index is 854. The van der Waals surface area contributed by atoms with Crippen molar-refractivity contribution < 1.29 is 14.2 Å². The zero-order valence-corrected chi connectivity index (χ0v) is 16.0. The summed E-state index contributed by atoms with van der Waals surface area (Å²) in [6.45, 7) is 1.27. The van der Waals surface area contributed by atoms with Crippen molar-refractivity contribution in [3.63, 3.8) is 0 Å². The first-order valence-corrected chi connectivity index (χ1v) is 9.40. The molecule has 0 aliphatic rings. The average molecular weight is 383 g/mol. The van der Waals surface area contributed by atoms with Gasteiger partial charge in [-0.15, -0.1) is 0 Å². The Morgan fingerprint density at radius 1 is 1.14 bits per heavy atom. The summed E-state index contributed by atoms with van der Waals surface area (Å²) in [7, 11) is 1.87. The second-order valence-corrected chi connectivity index (χ2v) is 6.74. The van der Waals surface area contributed by atoms with Crippen LogP contribution in [0.4, 0.5) is 4.39 Å². The summed E-state index contributed by atoms with van der Waals surface area (Å²) >= 11 is 0. The fraction of sp³-hybridized carbons (Fsp3) is 0.318. The van der Waals surface area contributed by atoms with Crippen LogP contribution in [0.5, 0.6) is 0 Å². The van der Waals surface area contributed by atoms with Crippen LogP contribution in [-0.4, -0.2) is 33.9 Å². The van der Waals surface area contributed by atoms with Crippen LogP contribution in [0.2, 0.25) is 0 Å². The third-order valence-corrected chi connectivity index (χ3v) is 4.60.